The van der Waals surface area contributed by atoms with Gasteiger partial charge in [0.1, 0.15) is 5.82 Å². The van der Waals surface area contributed by atoms with Gasteiger partial charge in [-0.05, 0) is 30.5 Å². The second kappa shape index (κ2) is 3.48. The molecule has 0 bridgehead atoms. The molecule has 0 fully saturated rings. The van der Waals surface area contributed by atoms with E-state index in [-0.39, 0.29) is 0 Å². The standard InChI is InChI=1S/C10H16N2/c1-7(2)4-5-9-8(3)6-10(11)12-9/h4-7,12H,11H2,1-3H3/b5-4-. The van der Waals surface area contributed by atoms with Crippen molar-refractivity contribution in [1.82, 2.24) is 4.98 Å². The van der Waals surface area contributed by atoms with Gasteiger partial charge in [0.15, 0.2) is 0 Å². The van der Waals surface area contributed by atoms with Crippen molar-refractivity contribution in [3.05, 3.63) is 23.4 Å². The molecule has 0 aliphatic rings. The molecule has 2 heteroatoms. The molecule has 0 saturated heterocycles. The molecule has 66 valence electrons. The summed E-state index contributed by atoms with van der Waals surface area (Å²) < 4.78 is 0. The van der Waals surface area contributed by atoms with Gasteiger partial charge in [0, 0.05) is 5.69 Å². The molecule has 0 aromatic carbocycles. The maximum absolute atomic E-state index is 5.60. The van der Waals surface area contributed by atoms with E-state index in [1.54, 1.807) is 0 Å². The smallest absolute Gasteiger partial charge is 0.101 e. The number of aromatic amines is 1. The van der Waals surface area contributed by atoms with Gasteiger partial charge in [-0.25, -0.2) is 0 Å². The Morgan fingerprint density at radius 1 is 1.50 bits per heavy atom. The third-order valence-corrected chi connectivity index (χ3v) is 1.72. The lowest BCUT2D eigenvalue weighted by molar-refractivity contribution is 0.836. The quantitative estimate of drug-likeness (QED) is 0.693. The molecule has 1 heterocycles. The number of hydrogen-bond acceptors (Lipinski definition) is 1. The Bertz CT molecular complexity index is 282. The average molecular weight is 164 g/mol. The van der Waals surface area contributed by atoms with Crippen molar-refractivity contribution in [2.45, 2.75) is 20.8 Å². The van der Waals surface area contributed by atoms with Crippen molar-refractivity contribution < 1.29 is 0 Å². The first kappa shape index (κ1) is 8.91. The molecule has 1 aromatic rings. The van der Waals surface area contributed by atoms with Gasteiger partial charge in [-0.2, -0.15) is 0 Å². The number of nitrogen functional groups attached to an aromatic ring is 1. The molecule has 12 heavy (non-hydrogen) atoms. The highest BCUT2D eigenvalue weighted by Gasteiger charge is 1.97. The third-order valence-electron chi connectivity index (χ3n) is 1.72. The molecule has 0 atom stereocenters. The molecule has 0 aliphatic heterocycles. The molecule has 1 aromatic heterocycles. The van der Waals surface area contributed by atoms with Crippen LogP contribution in [0.2, 0.25) is 0 Å². The van der Waals surface area contributed by atoms with Crippen LogP contribution in [0, 0.1) is 12.8 Å². The van der Waals surface area contributed by atoms with Crippen LogP contribution in [-0.2, 0) is 0 Å². The molecule has 0 radical (unpaired) electrons. The van der Waals surface area contributed by atoms with E-state index in [0.29, 0.717) is 5.92 Å². The zero-order chi connectivity index (χ0) is 9.14. The van der Waals surface area contributed by atoms with Gasteiger partial charge >= 0.3 is 0 Å². The Kier molecular flexibility index (Phi) is 2.58. The van der Waals surface area contributed by atoms with Crippen LogP contribution in [0.15, 0.2) is 12.1 Å². The highest BCUT2D eigenvalue weighted by molar-refractivity contribution is 5.54. The molecule has 0 spiro atoms. The third kappa shape index (κ3) is 2.16. The monoisotopic (exact) mass is 164 g/mol. The number of hydrogen-bond donors (Lipinski definition) is 2. The summed E-state index contributed by atoms with van der Waals surface area (Å²) in [5.41, 5.74) is 7.91. The number of H-pyrrole nitrogens is 1. The highest BCUT2D eigenvalue weighted by Crippen LogP contribution is 2.13. The van der Waals surface area contributed by atoms with Crippen LogP contribution in [0.25, 0.3) is 6.08 Å². The van der Waals surface area contributed by atoms with Crippen LogP contribution in [0.1, 0.15) is 25.1 Å². The van der Waals surface area contributed by atoms with E-state index < -0.39 is 0 Å². The van der Waals surface area contributed by atoms with Gasteiger partial charge in [0.2, 0.25) is 0 Å². The lowest BCUT2D eigenvalue weighted by atomic mass is 10.2. The Labute approximate surface area is 73.5 Å². The minimum absolute atomic E-state index is 0.578. The van der Waals surface area contributed by atoms with Crippen LogP contribution < -0.4 is 5.73 Å². The molecule has 0 amide bonds. The summed E-state index contributed by atoms with van der Waals surface area (Å²) in [6.45, 7) is 6.35. The van der Waals surface area contributed by atoms with Gasteiger partial charge in [0.05, 0.1) is 0 Å². The largest absolute Gasteiger partial charge is 0.385 e. The second-order valence-corrected chi connectivity index (χ2v) is 3.42. The van der Waals surface area contributed by atoms with Gasteiger partial charge in [-0.1, -0.05) is 19.9 Å². The lowest BCUT2D eigenvalue weighted by Gasteiger charge is -1.93. The number of nitrogens with one attached hydrogen (secondary N) is 1. The normalized spacial score (nSPS) is 11.7. The molecule has 0 unspecified atom stereocenters. The summed E-state index contributed by atoms with van der Waals surface area (Å²) in [7, 11) is 0. The Balaban J connectivity index is 2.81. The summed E-state index contributed by atoms with van der Waals surface area (Å²) in [4.78, 5) is 3.09. The molecule has 2 nitrogen and oxygen atoms in total. The second-order valence-electron chi connectivity index (χ2n) is 3.42. The SMILES string of the molecule is Cc1cc(N)[nH]c1/C=C\C(C)C. The average Bonchev–Trinajstić information content (AvgIpc) is 2.26. The van der Waals surface area contributed by atoms with Crippen molar-refractivity contribution in [3.63, 3.8) is 0 Å². The summed E-state index contributed by atoms with van der Waals surface area (Å²) >= 11 is 0. The zero-order valence-corrected chi connectivity index (χ0v) is 7.89. The summed E-state index contributed by atoms with van der Waals surface area (Å²) in [6.07, 6.45) is 4.23. The zero-order valence-electron chi connectivity index (χ0n) is 7.89. The highest BCUT2D eigenvalue weighted by atomic mass is 14.8. The fraction of sp³-hybridized carbons (Fsp3) is 0.400. The molecule has 3 N–H and O–H groups in total. The van der Waals surface area contributed by atoms with Gasteiger partial charge in [-0.15, -0.1) is 0 Å². The fourth-order valence-corrected chi connectivity index (χ4v) is 1.06. The van der Waals surface area contributed by atoms with Crippen molar-refractivity contribution in [1.29, 1.82) is 0 Å². The number of aromatic nitrogens is 1. The molecular weight excluding hydrogens is 148 g/mol. The van der Waals surface area contributed by atoms with Crippen molar-refractivity contribution in [2.24, 2.45) is 5.92 Å². The van der Waals surface area contributed by atoms with E-state index in [4.69, 9.17) is 5.73 Å². The fourth-order valence-electron chi connectivity index (χ4n) is 1.06. The molecular formula is C10H16N2. The van der Waals surface area contributed by atoms with E-state index in [1.807, 2.05) is 13.0 Å². The Hall–Kier alpha value is -1.18. The summed E-state index contributed by atoms with van der Waals surface area (Å²) in [5, 5.41) is 0. The minimum Gasteiger partial charge on any atom is -0.385 e. The van der Waals surface area contributed by atoms with E-state index in [2.05, 4.69) is 31.0 Å². The van der Waals surface area contributed by atoms with Gasteiger partial charge < -0.3 is 10.7 Å². The number of anilines is 1. The summed E-state index contributed by atoms with van der Waals surface area (Å²) in [5.74, 6) is 1.31. The topological polar surface area (TPSA) is 41.8 Å². The van der Waals surface area contributed by atoms with Crippen LogP contribution in [0.3, 0.4) is 0 Å². The van der Waals surface area contributed by atoms with Crippen LogP contribution in [-0.4, -0.2) is 4.98 Å². The number of allylic oxidation sites excluding steroid dienone is 1. The van der Waals surface area contributed by atoms with E-state index >= 15 is 0 Å². The Morgan fingerprint density at radius 2 is 2.17 bits per heavy atom. The predicted molar refractivity (Wildman–Crippen MR) is 53.8 cm³/mol. The van der Waals surface area contributed by atoms with Crippen LogP contribution >= 0.6 is 0 Å². The van der Waals surface area contributed by atoms with E-state index in [1.165, 1.54) is 5.56 Å². The van der Waals surface area contributed by atoms with E-state index in [9.17, 15) is 0 Å². The first-order valence-electron chi connectivity index (χ1n) is 4.23. The predicted octanol–water partition coefficient (Wildman–Crippen LogP) is 2.57. The number of nitrogens with two attached hydrogens (primary N) is 1. The van der Waals surface area contributed by atoms with E-state index in [0.717, 1.165) is 11.5 Å². The Morgan fingerprint density at radius 3 is 2.58 bits per heavy atom. The van der Waals surface area contributed by atoms with Crippen molar-refractivity contribution >= 4 is 11.9 Å². The lowest BCUT2D eigenvalue weighted by Crippen LogP contribution is -1.83. The van der Waals surface area contributed by atoms with Gasteiger partial charge in [0.25, 0.3) is 0 Å². The first-order chi connectivity index (χ1) is 5.59. The maximum Gasteiger partial charge on any atom is 0.101 e. The van der Waals surface area contributed by atoms with Crippen LogP contribution in [0.4, 0.5) is 5.82 Å². The maximum atomic E-state index is 5.60. The summed E-state index contributed by atoms with van der Waals surface area (Å²) in [6, 6.07) is 1.94. The van der Waals surface area contributed by atoms with Crippen molar-refractivity contribution in [3.8, 4) is 0 Å². The molecule has 1 rings (SSSR count). The first-order valence-corrected chi connectivity index (χ1v) is 4.23. The van der Waals surface area contributed by atoms with Crippen LogP contribution in [0.5, 0.6) is 0 Å². The molecule has 0 saturated carbocycles. The molecule has 0 aliphatic carbocycles. The van der Waals surface area contributed by atoms with Crippen molar-refractivity contribution in [2.75, 3.05) is 5.73 Å². The minimum atomic E-state index is 0.578. The number of rotatable bonds is 2. The van der Waals surface area contributed by atoms with Gasteiger partial charge in [-0.3, -0.25) is 0 Å². The number of aryl methyl sites for hydroxylation is 1.